The van der Waals surface area contributed by atoms with Gasteiger partial charge in [0, 0.05) is 0 Å². The van der Waals surface area contributed by atoms with Crippen molar-refractivity contribution in [2.24, 2.45) is 16.6 Å². The molecule has 0 spiro atoms. The molecule has 0 saturated heterocycles. The van der Waals surface area contributed by atoms with Crippen LogP contribution in [0.15, 0.2) is 53.2 Å². The zero-order chi connectivity index (χ0) is 31.1. The predicted octanol–water partition coefficient (Wildman–Crippen LogP) is 4.34. The van der Waals surface area contributed by atoms with E-state index in [1.165, 1.54) is 68.6 Å². The second-order valence-electron chi connectivity index (χ2n) is 10.6. The average Bonchev–Trinajstić information content (AvgIpc) is 3.67. The molecule has 0 saturated carbocycles. The summed E-state index contributed by atoms with van der Waals surface area (Å²) in [6.07, 6.45) is -0.0971. The fraction of sp³-hybridized carbons (Fsp3) is 0.345. The summed E-state index contributed by atoms with van der Waals surface area (Å²) < 4.78 is 21.7. The first kappa shape index (κ1) is 32.4. The largest absolute Gasteiger partial charge is 0.480 e. The van der Waals surface area contributed by atoms with Gasteiger partial charge in [0.15, 0.2) is 11.5 Å². The Kier molecular flexibility index (Phi) is 10.6. The molecular weight excluding hydrogens is 586 g/mol. The minimum atomic E-state index is -1.31. The fourth-order valence-corrected chi connectivity index (χ4v) is 4.43. The van der Waals surface area contributed by atoms with E-state index < -0.39 is 46.7 Å². The molecule has 2 heterocycles. The lowest BCUT2D eigenvalue weighted by Crippen LogP contribution is -2.36. The Balaban J connectivity index is 1.77. The molecule has 0 aliphatic heterocycles. The van der Waals surface area contributed by atoms with Crippen molar-refractivity contribution in [3.8, 4) is 11.5 Å². The lowest BCUT2D eigenvalue weighted by molar-refractivity contribution is -0.149. The normalized spacial score (nSPS) is 12.2. The molecule has 11 nitrogen and oxygen atoms in total. The van der Waals surface area contributed by atoms with Crippen LogP contribution >= 0.6 is 22.7 Å². The Morgan fingerprint density at radius 2 is 1.26 bits per heavy atom. The van der Waals surface area contributed by atoms with Crippen molar-refractivity contribution in [2.75, 3.05) is 13.2 Å². The van der Waals surface area contributed by atoms with Crippen LogP contribution in [0.4, 0.5) is 0 Å². The van der Waals surface area contributed by atoms with Crippen LogP contribution in [-0.4, -0.2) is 54.2 Å². The van der Waals surface area contributed by atoms with Gasteiger partial charge in [-0.2, -0.15) is 0 Å². The van der Waals surface area contributed by atoms with Gasteiger partial charge in [-0.15, -0.1) is 22.7 Å². The van der Waals surface area contributed by atoms with Gasteiger partial charge in [0.1, 0.15) is 29.0 Å². The molecule has 3 N–H and O–H groups in total. The van der Waals surface area contributed by atoms with Crippen molar-refractivity contribution in [3.05, 3.63) is 68.5 Å². The lowest BCUT2D eigenvalue weighted by atomic mass is 9.95. The van der Waals surface area contributed by atoms with Crippen LogP contribution in [0.1, 0.15) is 52.6 Å². The van der Waals surface area contributed by atoms with E-state index in [-0.39, 0.29) is 31.1 Å². The first-order chi connectivity index (χ1) is 19.7. The van der Waals surface area contributed by atoms with Crippen LogP contribution in [0.25, 0.3) is 0 Å². The molecule has 3 aromatic rings. The number of rotatable bonds is 13. The van der Waals surface area contributed by atoms with Gasteiger partial charge in [-0.1, -0.05) is 18.2 Å². The summed E-state index contributed by atoms with van der Waals surface area (Å²) >= 11 is 2.40. The van der Waals surface area contributed by atoms with Crippen LogP contribution in [0.5, 0.6) is 11.5 Å². The molecule has 42 heavy (non-hydrogen) atoms. The summed E-state index contributed by atoms with van der Waals surface area (Å²) in [6.45, 7) is 5.48. The standard InChI is InChI=1S/C29H31NO10S2/c1-28(2,15-37-24(33)21-7-5-11-41-21)26(35)39-19-10-9-17(13-18(30)23(31)32)14-20(19)40-27(36)29(3,4)16-38-25(34)22-8-6-12-42-22/h5-12,14,18H,13,15-16,30H2,1-4H3,(H,31,32). The Hall–Kier alpha value is -4.07. The summed E-state index contributed by atoms with van der Waals surface area (Å²) in [5.41, 5.74) is 3.47. The van der Waals surface area contributed by atoms with Gasteiger partial charge < -0.3 is 29.8 Å². The zero-order valence-corrected chi connectivity index (χ0v) is 25.0. The Morgan fingerprint density at radius 3 is 1.69 bits per heavy atom. The number of benzene rings is 1. The van der Waals surface area contributed by atoms with Gasteiger partial charge in [0.2, 0.25) is 0 Å². The number of carbonyl (C=O) groups excluding carboxylic acids is 4. The highest BCUT2D eigenvalue weighted by molar-refractivity contribution is 7.12. The maximum Gasteiger partial charge on any atom is 0.348 e. The topological polar surface area (TPSA) is 169 Å². The van der Waals surface area contributed by atoms with Gasteiger partial charge in [-0.3, -0.25) is 14.4 Å². The van der Waals surface area contributed by atoms with E-state index in [4.69, 9.17) is 24.7 Å². The number of carbonyl (C=O) groups is 5. The average molecular weight is 618 g/mol. The van der Waals surface area contributed by atoms with Crippen LogP contribution in [-0.2, 0) is 30.3 Å². The maximum absolute atomic E-state index is 13.2. The molecular formula is C29H31NO10S2. The molecule has 1 unspecified atom stereocenters. The van der Waals surface area contributed by atoms with Crippen molar-refractivity contribution < 1.29 is 48.0 Å². The molecule has 0 aliphatic rings. The quantitative estimate of drug-likeness (QED) is 0.207. The number of carboxylic acid groups (broad SMARTS) is 1. The number of hydrogen-bond donors (Lipinski definition) is 2. The molecule has 0 radical (unpaired) electrons. The number of carboxylic acids is 1. The maximum atomic E-state index is 13.2. The highest BCUT2D eigenvalue weighted by Crippen LogP contribution is 2.33. The van der Waals surface area contributed by atoms with Crippen molar-refractivity contribution in [3.63, 3.8) is 0 Å². The number of nitrogens with two attached hydrogens (primary N) is 1. The highest BCUT2D eigenvalue weighted by Gasteiger charge is 2.35. The Bertz CT molecular complexity index is 1430. The molecule has 0 amide bonds. The summed E-state index contributed by atoms with van der Waals surface area (Å²) in [4.78, 5) is 62.8. The van der Waals surface area contributed by atoms with Crippen LogP contribution < -0.4 is 15.2 Å². The number of aliphatic carboxylic acids is 1. The van der Waals surface area contributed by atoms with E-state index in [0.717, 1.165) is 0 Å². The third kappa shape index (κ3) is 8.71. The van der Waals surface area contributed by atoms with E-state index >= 15 is 0 Å². The van der Waals surface area contributed by atoms with Gasteiger partial charge in [-0.25, -0.2) is 9.59 Å². The van der Waals surface area contributed by atoms with E-state index in [1.807, 2.05) is 0 Å². The van der Waals surface area contributed by atoms with Crippen molar-refractivity contribution in [2.45, 2.75) is 40.2 Å². The van der Waals surface area contributed by atoms with Crippen LogP contribution in [0.3, 0.4) is 0 Å². The number of thiophene rings is 2. The van der Waals surface area contributed by atoms with Gasteiger partial charge in [-0.05, 0) is 74.7 Å². The number of esters is 4. The predicted molar refractivity (Wildman–Crippen MR) is 154 cm³/mol. The minimum absolute atomic E-state index is 0.0971. The van der Waals surface area contributed by atoms with Gasteiger partial charge >= 0.3 is 29.8 Å². The summed E-state index contributed by atoms with van der Waals surface area (Å²) in [7, 11) is 0. The number of ether oxygens (including phenoxy) is 4. The first-order valence-electron chi connectivity index (χ1n) is 12.7. The van der Waals surface area contributed by atoms with E-state index in [2.05, 4.69) is 0 Å². The molecule has 224 valence electrons. The molecule has 13 heteroatoms. The monoisotopic (exact) mass is 617 g/mol. The highest BCUT2D eigenvalue weighted by atomic mass is 32.1. The van der Waals surface area contributed by atoms with Crippen molar-refractivity contribution in [1.29, 1.82) is 0 Å². The Morgan fingerprint density at radius 1 is 0.786 bits per heavy atom. The lowest BCUT2D eigenvalue weighted by Gasteiger charge is -2.24. The first-order valence-corrected chi connectivity index (χ1v) is 14.4. The van der Waals surface area contributed by atoms with Crippen molar-refractivity contribution >= 4 is 52.5 Å². The Labute approximate surface area is 250 Å². The summed E-state index contributed by atoms with van der Waals surface area (Å²) in [5.74, 6) is -4.29. The fourth-order valence-electron chi connectivity index (χ4n) is 3.20. The van der Waals surface area contributed by atoms with Gasteiger partial charge in [0.05, 0.1) is 10.8 Å². The summed E-state index contributed by atoms with van der Waals surface area (Å²) in [5, 5.41) is 12.6. The molecule has 0 aliphatic carbocycles. The second kappa shape index (κ2) is 13.7. The third-order valence-electron chi connectivity index (χ3n) is 5.86. The zero-order valence-electron chi connectivity index (χ0n) is 23.4. The SMILES string of the molecule is CC(C)(COC(=O)c1cccs1)C(=O)Oc1ccc(CC(N)C(=O)O)cc1OC(=O)C(C)(C)COC(=O)c1cccs1. The third-order valence-corrected chi connectivity index (χ3v) is 7.56. The summed E-state index contributed by atoms with van der Waals surface area (Å²) in [6, 6.07) is 9.54. The van der Waals surface area contributed by atoms with Gasteiger partial charge in [0.25, 0.3) is 0 Å². The smallest absolute Gasteiger partial charge is 0.348 e. The molecule has 1 atom stereocenters. The molecule has 3 rings (SSSR count). The van der Waals surface area contributed by atoms with E-state index in [9.17, 15) is 29.1 Å². The molecule has 0 fully saturated rings. The molecule has 1 aromatic carbocycles. The molecule has 2 aromatic heterocycles. The minimum Gasteiger partial charge on any atom is -0.480 e. The van der Waals surface area contributed by atoms with Crippen LogP contribution in [0.2, 0.25) is 0 Å². The second-order valence-corrected chi connectivity index (χ2v) is 12.5. The van der Waals surface area contributed by atoms with E-state index in [0.29, 0.717) is 15.3 Å². The molecule has 0 bridgehead atoms. The van der Waals surface area contributed by atoms with Crippen LogP contribution in [0, 0.1) is 10.8 Å². The van der Waals surface area contributed by atoms with E-state index in [1.54, 1.807) is 35.0 Å². The number of hydrogen-bond acceptors (Lipinski definition) is 12. The van der Waals surface area contributed by atoms with Crippen molar-refractivity contribution in [1.82, 2.24) is 0 Å².